The number of H-pyrrole nitrogens is 1. The zero-order valence-electron chi connectivity index (χ0n) is 20.4. The molecule has 0 unspecified atom stereocenters. The molecule has 2 aliphatic rings. The lowest BCUT2D eigenvalue weighted by atomic mass is 10.0. The van der Waals surface area contributed by atoms with Crippen LogP contribution in [0, 0.1) is 6.92 Å². The number of hydrogen-bond donors (Lipinski definition) is 2. The Labute approximate surface area is 204 Å². The second-order valence-electron chi connectivity index (χ2n) is 9.40. The van der Waals surface area contributed by atoms with Gasteiger partial charge in [-0.05, 0) is 44.4 Å². The number of anilines is 1. The molecule has 190 valence electrons. The maximum absolute atomic E-state index is 14.8. The van der Waals surface area contributed by atoms with Crippen molar-refractivity contribution in [1.29, 1.82) is 0 Å². The maximum atomic E-state index is 14.8. The van der Waals surface area contributed by atoms with Crippen molar-refractivity contribution in [3.8, 4) is 11.3 Å². The average molecular weight is 505 g/mol. The molecule has 3 N–H and O–H groups in total. The number of nitrogens with zero attached hydrogens (tertiary/aromatic N) is 7. The second-order valence-corrected chi connectivity index (χ2v) is 9.40. The van der Waals surface area contributed by atoms with Crippen LogP contribution in [0.15, 0.2) is 29.4 Å². The van der Waals surface area contributed by atoms with Crippen LogP contribution >= 0.6 is 0 Å². The number of rotatable bonds is 5. The molecule has 1 saturated heterocycles. The molecule has 0 bridgehead atoms. The van der Waals surface area contributed by atoms with Crippen molar-refractivity contribution < 1.29 is 18.9 Å². The van der Waals surface area contributed by atoms with Crippen LogP contribution in [0.2, 0.25) is 0 Å². The monoisotopic (exact) mass is 504 g/mol. The molecule has 0 aromatic carbocycles. The summed E-state index contributed by atoms with van der Waals surface area (Å²) in [6.07, 6.45) is -0.499. The van der Waals surface area contributed by atoms with Crippen LogP contribution in [0.5, 0.6) is 0 Å². The molecule has 5 heterocycles. The zero-order valence-corrected chi connectivity index (χ0v) is 19.4. The summed E-state index contributed by atoms with van der Waals surface area (Å²) in [6, 6.07) is 3.80. The third kappa shape index (κ3) is 4.00. The minimum atomic E-state index is -3.01. The van der Waals surface area contributed by atoms with Gasteiger partial charge in [0.15, 0.2) is 11.5 Å². The van der Waals surface area contributed by atoms with Gasteiger partial charge in [-0.1, -0.05) is 0 Å². The number of halogens is 4. The van der Waals surface area contributed by atoms with E-state index in [0.717, 1.165) is 12.8 Å². The highest BCUT2D eigenvalue weighted by atomic mass is 19.3. The van der Waals surface area contributed by atoms with Crippen LogP contribution in [-0.2, 0) is 6.54 Å². The number of alkyl halides is 4. The van der Waals surface area contributed by atoms with Crippen LogP contribution in [0.3, 0.4) is 0 Å². The van der Waals surface area contributed by atoms with E-state index in [4.69, 9.17) is 7.10 Å². The highest BCUT2D eigenvalue weighted by Crippen LogP contribution is 2.36. The molecule has 36 heavy (non-hydrogen) atoms. The fourth-order valence-electron chi connectivity index (χ4n) is 4.90. The first-order valence-electron chi connectivity index (χ1n) is 12.3. The van der Waals surface area contributed by atoms with Gasteiger partial charge in [0, 0.05) is 24.3 Å². The number of nitrogen functional groups attached to an aromatic ring is 1. The van der Waals surface area contributed by atoms with Crippen molar-refractivity contribution >= 4 is 22.5 Å². The van der Waals surface area contributed by atoms with Crippen molar-refractivity contribution in [2.45, 2.75) is 57.2 Å². The van der Waals surface area contributed by atoms with E-state index in [2.05, 4.69) is 25.0 Å². The van der Waals surface area contributed by atoms with Crippen molar-refractivity contribution in [2.24, 2.45) is 4.99 Å². The van der Waals surface area contributed by atoms with Crippen LogP contribution in [0.1, 0.15) is 26.5 Å². The van der Waals surface area contributed by atoms with Gasteiger partial charge in [0.05, 0.1) is 20.2 Å². The number of piperidine rings is 1. The lowest BCUT2D eigenvalue weighted by Crippen LogP contribution is -2.52. The smallest absolute Gasteiger partial charge is 0.282 e. The topological polar surface area (TPSA) is 105 Å². The van der Waals surface area contributed by atoms with Gasteiger partial charge in [-0.3, -0.25) is 14.5 Å². The lowest BCUT2D eigenvalue weighted by Gasteiger charge is -2.36. The minimum absolute atomic E-state index is 0.0231. The molecule has 1 aliphatic carbocycles. The molecule has 9 nitrogen and oxygen atoms in total. The molecule has 13 heteroatoms. The predicted molar refractivity (Wildman–Crippen MR) is 125 cm³/mol. The molecular formula is C23H25F4N9. The second kappa shape index (κ2) is 8.29. The quantitative estimate of drug-likeness (QED) is 0.407. The molecule has 1 atom stereocenters. The summed E-state index contributed by atoms with van der Waals surface area (Å²) in [7, 11) is 0. The first-order valence-corrected chi connectivity index (χ1v) is 11.8. The van der Waals surface area contributed by atoms with E-state index >= 15 is 0 Å². The Hall–Kier alpha value is -3.48. The summed E-state index contributed by atoms with van der Waals surface area (Å²) < 4.78 is 67.0. The molecule has 6 rings (SSSR count). The molecule has 0 spiro atoms. The summed E-state index contributed by atoms with van der Waals surface area (Å²) in [5, 5.41) is 2.82. The van der Waals surface area contributed by atoms with Gasteiger partial charge in [0.2, 0.25) is 5.62 Å². The first-order chi connectivity index (χ1) is 17.6. The van der Waals surface area contributed by atoms with Crippen molar-refractivity contribution in [2.75, 3.05) is 18.8 Å². The number of aromatic nitrogens is 6. The first kappa shape index (κ1) is 21.8. The summed E-state index contributed by atoms with van der Waals surface area (Å²) in [5.74, 6) is -2.63. The van der Waals surface area contributed by atoms with E-state index < -0.39 is 24.9 Å². The van der Waals surface area contributed by atoms with Gasteiger partial charge < -0.3 is 10.3 Å². The largest absolute Gasteiger partial charge is 0.382 e. The lowest BCUT2D eigenvalue weighted by molar-refractivity contribution is -0.0822. The number of pyridine rings is 1. The Morgan fingerprint density at radius 2 is 2.03 bits per heavy atom. The zero-order chi connectivity index (χ0) is 26.1. The normalized spacial score (nSPS) is 21.7. The van der Waals surface area contributed by atoms with Crippen LogP contribution in [0.4, 0.5) is 23.4 Å². The van der Waals surface area contributed by atoms with Crippen LogP contribution < -0.4 is 11.4 Å². The minimum Gasteiger partial charge on any atom is -0.382 e. The van der Waals surface area contributed by atoms with Gasteiger partial charge in [0.1, 0.15) is 22.9 Å². The Bertz CT molecular complexity index is 1570. The summed E-state index contributed by atoms with van der Waals surface area (Å²) in [4.78, 5) is 19.0. The third-order valence-electron chi connectivity index (χ3n) is 6.81. The fraction of sp³-hybridized carbons (Fsp3) is 0.478. The molecule has 0 radical (unpaired) electrons. The Kier molecular flexibility index (Phi) is 5.01. The standard InChI is InChI=1S/C23H25F4N9/c1-12-29-16-5-4-15(30-21(16)35(12)10-18(24)25)14-6-9-36-19(14)20(28)32-22(33-36)31-17-7-8-34(13-2-3-13)11-23(17,26)27/h4-6,9,13,17-18H,2-3,7-8,10-11H2,1H3,(H3,28,31,32,33)/t17-/m1/s1/i9D. The van der Waals surface area contributed by atoms with Gasteiger partial charge in [-0.15, -0.1) is 0 Å². The highest BCUT2D eigenvalue weighted by molar-refractivity contribution is 5.88. The number of hydrogen-bond acceptors (Lipinski definition) is 6. The molecule has 0 amide bonds. The maximum Gasteiger partial charge on any atom is 0.282 e. The average Bonchev–Trinajstić information content (AvgIpc) is 3.56. The molecule has 4 aromatic heterocycles. The number of aryl methyl sites for hydroxylation is 1. The summed E-state index contributed by atoms with van der Waals surface area (Å²) in [6.45, 7) is 1.28. The number of imidazole rings is 1. The Balaban J connectivity index is 1.40. The van der Waals surface area contributed by atoms with E-state index in [9.17, 15) is 17.6 Å². The van der Waals surface area contributed by atoms with E-state index in [1.165, 1.54) is 15.1 Å². The van der Waals surface area contributed by atoms with Gasteiger partial charge in [-0.25, -0.2) is 32.5 Å². The van der Waals surface area contributed by atoms with E-state index in [1.54, 1.807) is 19.1 Å². The molecule has 4 aromatic rings. The van der Waals surface area contributed by atoms with E-state index in [0.29, 0.717) is 34.7 Å². The van der Waals surface area contributed by atoms with E-state index in [-0.39, 0.29) is 42.3 Å². The van der Waals surface area contributed by atoms with E-state index in [1.807, 2.05) is 4.90 Å². The predicted octanol–water partition coefficient (Wildman–Crippen LogP) is 3.00. The highest BCUT2D eigenvalue weighted by Gasteiger charge is 2.47. The van der Waals surface area contributed by atoms with Gasteiger partial charge in [-0.2, -0.15) is 4.98 Å². The third-order valence-corrected chi connectivity index (χ3v) is 6.81. The van der Waals surface area contributed by atoms with Crippen molar-refractivity contribution in [1.82, 2.24) is 34.0 Å². The fourth-order valence-corrected chi connectivity index (χ4v) is 4.90. The molecule has 2 fully saturated rings. The summed E-state index contributed by atoms with van der Waals surface area (Å²) in [5.41, 5.74) is 8.00. The number of nitrogens with two attached hydrogens (primary N) is 1. The number of aromatic amines is 1. The Morgan fingerprint density at radius 1 is 1.22 bits per heavy atom. The van der Waals surface area contributed by atoms with Crippen LogP contribution in [-0.4, -0.2) is 71.6 Å². The number of likely N-dealkylation sites (tertiary alicyclic amines) is 1. The Morgan fingerprint density at radius 3 is 2.75 bits per heavy atom. The van der Waals surface area contributed by atoms with Crippen molar-refractivity contribution in [3.05, 3.63) is 35.8 Å². The summed E-state index contributed by atoms with van der Waals surface area (Å²) >= 11 is 0. The van der Waals surface area contributed by atoms with Gasteiger partial charge in [0.25, 0.3) is 12.3 Å². The number of fused-ring (bicyclic) bond motifs is 2. The van der Waals surface area contributed by atoms with Gasteiger partial charge >= 0.3 is 0 Å². The van der Waals surface area contributed by atoms with Crippen LogP contribution in [0.25, 0.3) is 27.9 Å². The molecule has 1 aliphatic heterocycles. The number of nitrogens with one attached hydrogen (secondary N) is 1. The SMILES string of the molecule is [2H]c1cc(-c2ccc3nc(C)n(CC(F)F)c3n2)c2c(N)nc(=N[C@@H]3CCN(C4CC4)CC3(F)F)[nH]n12. The molecular weight excluding hydrogens is 478 g/mol. The van der Waals surface area contributed by atoms with Crippen molar-refractivity contribution in [3.63, 3.8) is 0 Å². The molecule has 1 saturated carbocycles.